The lowest BCUT2D eigenvalue weighted by molar-refractivity contribution is -0.956. The molecule has 258 valence electrons. The average molecular weight is 685 g/mol. The first-order chi connectivity index (χ1) is 23.6. The van der Waals surface area contributed by atoms with Gasteiger partial charge < -0.3 is 28.8 Å². The van der Waals surface area contributed by atoms with Crippen molar-refractivity contribution in [3.05, 3.63) is 89.9 Å². The summed E-state index contributed by atoms with van der Waals surface area (Å²) in [6, 6.07) is 13.6. The second-order valence-corrected chi connectivity index (χ2v) is 14.7. The van der Waals surface area contributed by atoms with Gasteiger partial charge in [-0.05, 0) is 61.7 Å². The van der Waals surface area contributed by atoms with Gasteiger partial charge in [0.1, 0.15) is 29.4 Å². The second-order valence-electron chi connectivity index (χ2n) is 13.3. The summed E-state index contributed by atoms with van der Waals surface area (Å²) < 4.78 is 29.6. The molecule has 0 unspecified atom stereocenters. The number of quaternary nitrogens is 1. The van der Waals surface area contributed by atoms with Crippen molar-refractivity contribution in [2.75, 3.05) is 41.5 Å². The number of hydrogen-bond acceptors (Lipinski definition) is 8. The van der Waals surface area contributed by atoms with Crippen LogP contribution in [0.25, 0.3) is 21.9 Å². The fourth-order valence-electron chi connectivity index (χ4n) is 7.64. The molecule has 11 heteroatoms. The molecule has 3 aliphatic heterocycles. The number of ether oxygens (including phenoxy) is 3. The number of hydrogen-bond donors (Lipinski definition) is 2. The number of aromatic amines is 1. The standard InChI is InChI=1S/C21H27N2O2.C17H19N3O3S/c1-4-14-13-23(2)10-8-15(14)11-20(23)21(24)17-7-9-22-19-6-5-16(25-3)12-18(17)19;1-10-8-18-15(11(2)16(10)23-4)9-24(21)17-19-13-6-5-12(22-3)7-14(13)20-17/h4-7,9,12,14-15,20-21,24H,1,8,10-11,13H2,2-3H3;5-8H,9H2,1-4H3,(H,19,20)/q+1;/t14-,15-,20-,21+,23-;24-/m01/s1. The number of imidazole rings is 1. The van der Waals surface area contributed by atoms with E-state index in [-0.39, 0.29) is 11.8 Å². The summed E-state index contributed by atoms with van der Waals surface area (Å²) in [5.74, 6) is 3.82. The molecule has 0 radical (unpaired) electrons. The van der Waals surface area contributed by atoms with Gasteiger partial charge in [-0.2, -0.15) is 0 Å². The zero-order valence-corrected chi connectivity index (χ0v) is 29.9. The number of benzene rings is 2. The van der Waals surface area contributed by atoms with E-state index in [1.807, 2.05) is 56.3 Å². The van der Waals surface area contributed by atoms with Crippen LogP contribution in [-0.4, -0.2) is 81.2 Å². The number of piperidine rings is 3. The topological polar surface area (TPSA) is 119 Å². The van der Waals surface area contributed by atoms with Crippen LogP contribution in [0.15, 0.2) is 72.7 Å². The Kier molecular flexibility index (Phi) is 10.1. The maximum atomic E-state index is 12.7. The number of pyridine rings is 2. The molecule has 2 N–H and O–H groups in total. The largest absolute Gasteiger partial charge is 0.497 e. The molecule has 3 saturated heterocycles. The van der Waals surface area contributed by atoms with Crippen LogP contribution in [0.2, 0.25) is 0 Å². The SMILES string of the molecule is C=C[C@H]1C[N@+]2(C)CC[C@H]1C[C@H]2[C@H](O)c1ccnc2ccc(OC)cc12.COc1ccc2nc([S@](=O)Cc3ncc(C)c(OC)c3C)[nH]c2c1. The number of aliphatic hydroxyl groups excluding tert-OH is 1. The quantitative estimate of drug-likeness (QED) is 0.139. The third kappa shape index (κ3) is 6.79. The van der Waals surface area contributed by atoms with E-state index in [1.165, 1.54) is 6.42 Å². The molecule has 2 bridgehead atoms. The number of aliphatic hydroxyl groups is 1. The Labute approximate surface area is 290 Å². The molecular formula is C38H46N5O5S+. The minimum atomic E-state index is -1.33. The molecule has 3 fully saturated rings. The summed E-state index contributed by atoms with van der Waals surface area (Å²) in [4.78, 5) is 16.4. The van der Waals surface area contributed by atoms with Gasteiger partial charge in [-0.15, -0.1) is 6.58 Å². The van der Waals surface area contributed by atoms with E-state index in [0.717, 1.165) is 85.6 Å². The summed E-state index contributed by atoms with van der Waals surface area (Å²) in [5.41, 5.74) is 6.03. The van der Waals surface area contributed by atoms with Gasteiger partial charge in [0.25, 0.3) is 0 Å². The second kappa shape index (κ2) is 14.3. The van der Waals surface area contributed by atoms with Crippen molar-refractivity contribution in [2.24, 2.45) is 11.8 Å². The van der Waals surface area contributed by atoms with Crippen molar-refractivity contribution in [1.29, 1.82) is 0 Å². The maximum Gasteiger partial charge on any atom is 0.197 e. The predicted octanol–water partition coefficient (Wildman–Crippen LogP) is 6.22. The molecule has 0 saturated carbocycles. The number of methoxy groups -OCH3 is 3. The zero-order chi connectivity index (χ0) is 34.9. The van der Waals surface area contributed by atoms with Gasteiger partial charge in [-0.3, -0.25) is 14.2 Å². The van der Waals surface area contributed by atoms with Crippen molar-refractivity contribution < 1.29 is 28.0 Å². The zero-order valence-electron chi connectivity index (χ0n) is 29.1. The van der Waals surface area contributed by atoms with Crippen LogP contribution in [0.5, 0.6) is 17.2 Å². The summed E-state index contributed by atoms with van der Waals surface area (Å²) in [6.07, 6.45) is 7.47. The Morgan fingerprint density at radius 3 is 2.49 bits per heavy atom. The Morgan fingerprint density at radius 2 is 1.80 bits per heavy atom. The van der Waals surface area contributed by atoms with Crippen molar-refractivity contribution in [1.82, 2.24) is 19.9 Å². The number of rotatable bonds is 9. The molecule has 8 rings (SSSR count). The molecule has 49 heavy (non-hydrogen) atoms. The molecule has 6 heterocycles. The molecule has 10 nitrogen and oxygen atoms in total. The molecule has 3 aromatic heterocycles. The van der Waals surface area contributed by atoms with E-state index in [4.69, 9.17) is 14.2 Å². The molecule has 0 spiro atoms. The van der Waals surface area contributed by atoms with Crippen LogP contribution in [-0.2, 0) is 16.6 Å². The Bertz CT molecular complexity index is 2010. The number of aryl methyl sites for hydroxylation is 1. The van der Waals surface area contributed by atoms with Gasteiger partial charge in [0.15, 0.2) is 5.16 Å². The molecule has 5 aromatic rings. The number of nitrogens with one attached hydrogen (secondary N) is 1. The summed E-state index contributed by atoms with van der Waals surface area (Å²) in [7, 11) is 5.87. The highest BCUT2D eigenvalue weighted by Crippen LogP contribution is 2.46. The fraction of sp³-hybridized carbons (Fsp3) is 0.395. The summed E-state index contributed by atoms with van der Waals surface area (Å²) in [5, 5.41) is 12.8. The van der Waals surface area contributed by atoms with Crippen molar-refractivity contribution >= 4 is 32.7 Å². The molecule has 0 aliphatic carbocycles. The third-order valence-corrected chi connectivity index (χ3v) is 11.6. The molecule has 3 aliphatic rings. The van der Waals surface area contributed by atoms with Crippen LogP contribution >= 0.6 is 0 Å². The minimum Gasteiger partial charge on any atom is -0.497 e. The lowest BCUT2D eigenvalue weighted by Crippen LogP contribution is -2.66. The first-order valence-corrected chi connectivity index (χ1v) is 17.9. The first-order valence-electron chi connectivity index (χ1n) is 16.6. The van der Waals surface area contributed by atoms with Crippen molar-refractivity contribution in [3.8, 4) is 17.2 Å². The fourth-order valence-corrected chi connectivity index (χ4v) is 8.74. The van der Waals surface area contributed by atoms with Crippen molar-refractivity contribution in [2.45, 2.75) is 49.7 Å². The maximum absolute atomic E-state index is 12.7. The van der Waals surface area contributed by atoms with E-state index in [9.17, 15) is 9.32 Å². The smallest absolute Gasteiger partial charge is 0.197 e. The van der Waals surface area contributed by atoms with Gasteiger partial charge >= 0.3 is 0 Å². The lowest BCUT2D eigenvalue weighted by Gasteiger charge is -2.56. The highest BCUT2D eigenvalue weighted by Gasteiger charge is 2.51. The lowest BCUT2D eigenvalue weighted by atomic mass is 9.72. The van der Waals surface area contributed by atoms with Gasteiger partial charge in [-0.1, -0.05) is 6.08 Å². The number of likely N-dealkylation sites (N-methyl/N-ethyl adjacent to an activating group) is 1. The van der Waals surface area contributed by atoms with E-state index in [2.05, 4.69) is 39.6 Å². The van der Waals surface area contributed by atoms with Crippen LogP contribution in [0.3, 0.4) is 0 Å². The van der Waals surface area contributed by atoms with E-state index in [0.29, 0.717) is 17.0 Å². The van der Waals surface area contributed by atoms with Crippen molar-refractivity contribution in [3.63, 3.8) is 0 Å². The highest BCUT2D eigenvalue weighted by molar-refractivity contribution is 7.84. The highest BCUT2D eigenvalue weighted by atomic mass is 32.2. The minimum absolute atomic E-state index is 0.228. The average Bonchev–Trinajstić information content (AvgIpc) is 3.56. The van der Waals surface area contributed by atoms with E-state index in [1.54, 1.807) is 33.7 Å². The molecule has 0 amide bonds. The monoisotopic (exact) mass is 684 g/mol. The van der Waals surface area contributed by atoms with Crippen LogP contribution in [0, 0.1) is 25.7 Å². The number of aromatic nitrogens is 4. The first kappa shape index (κ1) is 34.5. The molecule has 6 atom stereocenters. The van der Waals surface area contributed by atoms with Crippen LogP contribution in [0.1, 0.15) is 41.3 Å². The van der Waals surface area contributed by atoms with Gasteiger partial charge in [-0.25, -0.2) is 4.98 Å². The van der Waals surface area contributed by atoms with E-state index < -0.39 is 16.9 Å². The predicted molar refractivity (Wildman–Crippen MR) is 192 cm³/mol. The summed E-state index contributed by atoms with van der Waals surface area (Å²) in [6.45, 7) is 10.1. The van der Waals surface area contributed by atoms with Gasteiger partial charge in [0.2, 0.25) is 0 Å². The number of nitrogens with zero attached hydrogens (tertiary/aromatic N) is 4. The molecular weight excluding hydrogens is 639 g/mol. The van der Waals surface area contributed by atoms with Crippen LogP contribution in [0.4, 0.5) is 0 Å². The Morgan fingerprint density at radius 1 is 1.06 bits per heavy atom. The normalized spacial score (nSPS) is 22.6. The third-order valence-electron chi connectivity index (χ3n) is 10.5. The van der Waals surface area contributed by atoms with Crippen LogP contribution < -0.4 is 14.2 Å². The Balaban J connectivity index is 0.000000170. The number of H-pyrrole nitrogens is 1. The number of fused-ring (bicyclic) bond motifs is 5. The van der Waals surface area contributed by atoms with Gasteiger partial charge in [0.05, 0.1) is 80.3 Å². The Hall–Kier alpha value is -4.32. The van der Waals surface area contributed by atoms with E-state index >= 15 is 0 Å². The molecule has 2 aromatic carbocycles. The summed E-state index contributed by atoms with van der Waals surface area (Å²) >= 11 is 0. The van der Waals surface area contributed by atoms with Gasteiger partial charge in [0, 0.05) is 53.7 Å².